The van der Waals surface area contributed by atoms with Crippen LogP contribution in [-0.2, 0) is 6.54 Å². The predicted molar refractivity (Wildman–Crippen MR) is 74.1 cm³/mol. The largest absolute Gasteiger partial charge is 0.396 e. The number of hydrogen-bond donors (Lipinski definition) is 2. The Labute approximate surface area is 113 Å². The van der Waals surface area contributed by atoms with Crippen LogP contribution in [0.3, 0.4) is 0 Å². The summed E-state index contributed by atoms with van der Waals surface area (Å²) in [5.41, 5.74) is 3.44. The predicted octanol–water partition coefficient (Wildman–Crippen LogP) is 1.29. The Bertz CT molecular complexity index is 510. The molecule has 1 aromatic heterocycles. The number of aromatic nitrogens is 3. The fourth-order valence-corrected chi connectivity index (χ4v) is 1.94. The first-order valence-corrected chi connectivity index (χ1v) is 6.47. The van der Waals surface area contributed by atoms with Crippen molar-refractivity contribution in [3.05, 3.63) is 42.0 Å². The summed E-state index contributed by atoms with van der Waals surface area (Å²) in [6, 6.07) is 6.28. The molecule has 0 spiro atoms. The van der Waals surface area contributed by atoms with Crippen molar-refractivity contribution in [2.45, 2.75) is 20.4 Å². The van der Waals surface area contributed by atoms with E-state index in [4.69, 9.17) is 5.11 Å². The van der Waals surface area contributed by atoms with Gasteiger partial charge in [-0.05, 0) is 30.0 Å². The maximum Gasteiger partial charge on any atom is 0.138 e. The molecule has 1 aromatic carbocycles. The van der Waals surface area contributed by atoms with Gasteiger partial charge in [0, 0.05) is 19.7 Å². The van der Waals surface area contributed by atoms with Crippen molar-refractivity contribution in [2.24, 2.45) is 5.92 Å². The summed E-state index contributed by atoms with van der Waals surface area (Å²) in [7, 11) is 0. The van der Waals surface area contributed by atoms with Gasteiger partial charge in [0.05, 0.1) is 5.69 Å². The maximum atomic E-state index is 8.96. The smallest absolute Gasteiger partial charge is 0.138 e. The van der Waals surface area contributed by atoms with Gasteiger partial charge in [-0.1, -0.05) is 19.1 Å². The molecule has 102 valence electrons. The van der Waals surface area contributed by atoms with E-state index < -0.39 is 0 Å². The summed E-state index contributed by atoms with van der Waals surface area (Å²) in [6.45, 7) is 5.93. The van der Waals surface area contributed by atoms with E-state index in [-0.39, 0.29) is 12.5 Å². The van der Waals surface area contributed by atoms with Gasteiger partial charge in [-0.2, -0.15) is 5.10 Å². The quantitative estimate of drug-likeness (QED) is 0.821. The normalized spacial score (nSPS) is 12.6. The summed E-state index contributed by atoms with van der Waals surface area (Å²) < 4.78 is 1.76. The van der Waals surface area contributed by atoms with Crippen LogP contribution >= 0.6 is 0 Å². The fourth-order valence-electron chi connectivity index (χ4n) is 1.94. The topological polar surface area (TPSA) is 63.0 Å². The molecule has 5 nitrogen and oxygen atoms in total. The molecule has 1 atom stereocenters. The molecule has 1 heterocycles. The van der Waals surface area contributed by atoms with E-state index in [1.54, 1.807) is 11.0 Å². The van der Waals surface area contributed by atoms with Gasteiger partial charge in [0.2, 0.25) is 0 Å². The number of hydrogen-bond acceptors (Lipinski definition) is 4. The molecule has 0 fully saturated rings. The lowest BCUT2D eigenvalue weighted by atomic mass is 10.1. The molecule has 0 bridgehead atoms. The molecule has 0 aliphatic rings. The molecular formula is C14H20N4O. The minimum absolute atomic E-state index is 0.220. The third-order valence-electron chi connectivity index (χ3n) is 3.06. The van der Waals surface area contributed by atoms with E-state index in [0.29, 0.717) is 0 Å². The average molecular weight is 260 g/mol. The van der Waals surface area contributed by atoms with Crippen molar-refractivity contribution < 1.29 is 5.11 Å². The van der Waals surface area contributed by atoms with Crippen LogP contribution in [0.1, 0.15) is 18.1 Å². The highest BCUT2D eigenvalue weighted by Gasteiger charge is 2.04. The number of aliphatic hydroxyl groups excluding tert-OH is 1. The number of nitrogens with zero attached hydrogens (tertiary/aromatic N) is 3. The lowest BCUT2D eigenvalue weighted by Crippen LogP contribution is -2.22. The van der Waals surface area contributed by atoms with Crippen LogP contribution in [0.4, 0.5) is 0 Å². The van der Waals surface area contributed by atoms with E-state index in [0.717, 1.165) is 18.8 Å². The molecule has 0 amide bonds. The highest BCUT2D eigenvalue weighted by atomic mass is 16.3. The van der Waals surface area contributed by atoms with Crippen molar-refractivity contribution in [3.8, 4) is 5.69 Å². The first kappa shape index (κ1) is 13.7. The number of nitrogens with one attached hydrogen (secondary N) is 1. The summed E-state index contributed by atoms with van der Waals surface area (Å²) in [4.78, 5) is 3.96. The zero-order valence-electron chi connectivity index (χ0n) is 11.4. The molecule has 1 unspecified atom stereocenters. The molecule has 2 aromatic rings. The number of benzene rings is 1. The zero-order chi connectivity index (χ0) is 13.7. The molecule has 0 aliphatic carbocycles. The second-order valence-electron chi connectivity index (χ2n) is 4.88. The fraction of sp³-hybridized carbons (Fsp3) is 0.429. The zero-order valence-corrected chi connectivity index (χ0v) is 11.4. The van der Waals surface area contributed by atoms with E-state index >= 15 is 0 Å². The highest BCUT2D eigenvalue weighted by Crippen LogP contribution is 2.14. The summed E-state index contributed by atoms with van der Waals surface area (Å²) in [6.07, 6.45) is 3.23. The molecular weight excluding hydrogens is 240 g/mol. The summed E-state index contributed by atoms with van der Waals surface area (Å²) >= 11 is 0. The second kappa shape index (κ2) is 6.45. The van der Waals surface area contributed by atoms with Crippen LogP contribution in [0.2, 0.25) is 0 Å². The Kier molecular flexibility index (Phi) is 4.65. The summed E-state index contributed by atoms with van der Waals surface area (Å²) in [5.74, 6) is 0.288. The van der Waals surface area contributed by atoms with Crippen molar-refractivity contribution in [2.75, 3.05) is 13.2 Å². The second-order valence-corrected chi connectivity index (χ2v) is 4.88. The van der Waals surface area contributed by atoms with E-state index in [2.05, 4.69) is 40.5 Å². The number of aryl methyl sites for hydroxylation is 1. The maximum absolute atomic E-state index is 8.96. The average Bonchev–Trinajstić information content (AvgIpc) is 2.92. The van der Waals surface area contributed by atoms with Crippen LogP contribution in [-0.4, -0.2) is 33.0 Å². The van der Waals surface area contributed by atoms with Gasteiger partial charge < -0.3 is 10.4 Å². The molecule has 19 heavy (non-hydrogen) atoms. The van der Waals surface area contributed by atoms with Crippen LogP contribution in [0.15, 0.2) is 30.9 Å². The lowest BCUT2D eigenvalue weighted by Gasteiger charge is -2.11. The molecule has 0 radical (unpaired) electrons. The lowest BCUT2D eigenvalue weighted by molar-refractivity contribution is 0.233. The van der Waals surface area contributed by atoms with Crippen molar-refractivity contribution in [1.82, 2.24) is 20.1 Å². The van der Waals surface area contributed by atoms with Gasteiger partial charge >= 0.3 is 0 Å². The van der Waals surface area contributed by atoms with E-state index in [1.165, 1.54) is 17.5 Å². The van der Waals surface area contributed by atoms with E-state index in [9.17, 15) is 0 Å². The monoisotopic (exact) mass is 260 g/mol. The Morgan fingerprint density at radius 2 is 2.26 bits per heavy atom. The van der Waals surface area contributed by atoms with Crippen molar-refractivity contribution in [3.63, 3.8) is 0 Å². The Morgan fingerprint density at radius 3 is 2.89 bits per heavy atom. The SMILES string of the molecule is Cc1cc(CNCC(C)CO)ccc1-n1cncn1. The molecule has 2 N–H and O–H groups in total. The first-order chi connectivity index (χ1) is 9.20. The van der Waals surface area contributed by atoms with Crippen LogP contribution in [0, 0.1) is 12.8 Å². The highest BCUT2D eigenvalue weighted by molar-refractivity contribution is 5.41. The first-order valence-electron chi connectivity index (χ1n) is 6.47. The molecule has 5 heteroatoms. The van der Waals surface area contributed by atoms with Gasteiger partial charge in [-0.25, -0.2) is 9.67 Å². The van der Waals surface area contributed by atoms with Gasteiger partial charge in [0.25, 0.3) is 0 Å². The number of rotatable bonds is 6. The standard InChI is InChI=1S/C14H20N4O/c1-11(8-19)6-15-7-13-3-4-14(12(2)5-13)18-10-16-9-17-18/h3-5,9-11,15,19H,6-8H2,1-2H3. The van der Waals surface area contributed by atoms with Gasteiger partial charge in [0.1, 0.15) is 12.7 Å². The van der Waals surface area contributed by atoms with E-state index in [1.807, 2.05) is 6.92 Å². The van der Waals surface area contributed by atoms with Gasteiger partial charge in [0.15, 0.2) is 0 Å². The van der Waals surface area contributed by atoms with Gasteiger partial charge in [-0.3, -0.25) is 0 Å². The van der Waals surface area contributed by atoms with Crippen LogP contribution < -0.4 is 5.32 Å². The summed E-state index contributed by atoms with van der Waals surface area (Å²) in [5, 5.41) is 16.4. The minimum Gasteiger partial charge on any atom is -0.396 e. The van der Waals surface area contributed by atoms with Crippen LogP contribution in [0.25, 0.3) is 5.69 Å². The third kappa shape index (κ3) is 3.62. The minimum atomic E-state index is 0.220. The van der Waals surface area contributed by atoms with Crippen molar-refractivity contribution >= 4 is 0 Å². The number of aliphatic hydroxyl groups is 1. The Hall–Kier alpha value is -1.72. The molecule has 0 aliphatic heterocycles. The molecule has 0 saturated carbocycles. The third-order valence-corrected chi connectivity index (χ3v) is 3.06. The molecule has 0 saturated heterocycles. The van der Waals surface area contributed by atoms with Gasteiger partial charge in [-0.15, -0.1) is 0 Å². The Balaban J connectivity index is 1.99. The Morgan fingerprint density at radius 1 is 1.42 bits per heavy atom. The van der Waals surface area contributed by atoms with Crippen molar-refractivity contribution in [1.29, 1.82) is 0 Å². The molecule has 2 rings (SSSR count). The van der Waals surface area contributed by atoms with Crippen LogP contribution in [0.5, 0.6) is 0 Å².